The summed E-state index contributed by atoms with van der Waals surface area (Å²) in [5, 5.41) is 0.868. The molecule has 0 saturated carbocycles. The van der Waals surface area contributed by atoms with Gasteiger partial charge in [0.2, 0.25) is 0 Å². The summed E-state index contributed by atoms with van der Waals surface area (Å²) >= 11 is 0. The van der Waals surface area contributed by atoms with Crippen molar-refractivity contribution >= 4 is 10.9 Å². The van der Waals surface area contributed by atoms with Gasteiger partial charge in [-0.2, -0.15) is 0 Å². The molecule has 0 aliphatic heterocycles. The molecule has 0 radical (unpaired) electrons. The van der Waals surface area contributed by atoms with Gasteiger partial charge in [0, 0.05) is 15.2 Å². The van der Waals surface area contributed by atoms with Crippen LogP contribution in [0.25, 0.3) is 10.9 Å². The van der Waals surface area contributed by atoms with Crippen LogP contribution in [0.3, 0.4) is 0 Å². The van der Waals surface area contributed by atoms with E-state index in [0.717, 1.165) is 5.39 Å². The normalized spacial score (nSPS) is 14.7. The van der Waals surface area contributed by atoms with E-state index in [1.165, 1.54) is 6.07 Å². The van der Waals surface area contributed by atoms with Gasteiger partial charge in [0.25, 0.3) is 0 Å². The molecule has 0 aliphatic carbocycles. The number of rotatable bonds is 1. The maximum absolute atomic E-state index is 7.31. The molecule has 13 heavy (non-hydrogen) atoms. The molecule has 0 aliphatic rings. The van der Waals surface area contributed by atoms with Gasteiger partial charge >= 0.3 is 0 Å². The van der Waals surface area contributed by atoms with Crippen molar-refractivity contribution in [2.24, 2.45) is 0 Å². The SMILES string of the molecule is [2H]C([2H])([2H])c1ccc2cccc(OC)c2n1. The third kappa shape index (κ3) is 1.35. The molecule has 0 N–H and O–H groups in total. The van der Waals surface area contributed by atoms with E-state index in [9.17, 15) is 0 Å². The Hall–Kier alpha value is -1.57. The molecule has 1 heterocycles. The highest BCUT2D eigenvalue weighted by Crippen LogP contribution is 2.22. The zero-order valence-corrected chi connectivity index (χ0v) is 7.24. The Morgan fingerprint density at radius 1 is 1.31 bits per heavy atom. The molecule has 2 aromatic rings. The number of pyridine rings is 1. The average molecular weight is 176 g/mol. The second-order valence-corrected chi connectivity index (χ2v) is 2.73. The van der Waals surface area contributed by atoms with E-state index < -0.39 is 6.85 Å². The highest BCUT2D eigenvalue weighted by Gasteiger charge is 2.00. The number of hydrogen-bond acceptors (Lipinski definition) is 2. The standard InChI is InChI=1S/C11H11NO/c1-8-6-7-9-4-3-5-10(13-2)11(9)12-8/h3-7H,1-2H3/i1D3. The predicted molar refractivity (Wildman–Crippen MR) is 53.0 cm³/mol. The molecule has 0 amide bonds. The average Bonchev–Trinajstić information content (AvgIpc) is 2.26. The van der Waals surface area contributed by atoms with Gasteiger partial charge in [0.15, 0.2) is 0 Å². The Kier molecular flexibility index (Phi) is 1.23. The van der Waals surface area contributed by atoms with Crippen molar-refractivity contribution in [2.75, 3.05) is 7.11 Å². The molecule has 66 valence electrons. The van der Waals surface area contributed by atoms with E-state index in [1.54, 1.807) is 19.2 Å². The van der Waals surface area contributed by atoms with Crippen LogP contribution in [0.2, 0.25) is 0 Å². The van der Waals surface area contributed by atoms with Crippen molar-refractivity contribution in [3.63, 3.8) is 0 Å². The van der Waals surface area contributed by atoms with Crippen LogP contribution in [0.5, 0.6) is 5.75 Å². The van der Waals surface area contributed by atoms with E-state index in [-0.39, 0.29) is 5.69 Å². The van der Waals surface area contributed by atoms with Crippen LogP contribution in [-0.4, -0.2) is 12.1 Å². The second kappa shape index (κ2) is 3.05. The van der Waals surface area contributed by atoms with Crippen LogP contribution in [0.15, 0.2) is 30.3 Å². The highest BCUT2D eigenvalue weighted by atomic mass is 16.5. The van der Waals surface area contributed by atoms with Gasteiger partial charge in [0.1, 0.15) is 11.3 Å². The first-order valence-corrected chi connectivity index (χ1v) is 3.96. The summed E-state index contributed by atoms with van der Waals surface area (Å²) in [6, 6.07) is 8.74. The lowest BCUT2D eigenvalue weighted by atomic mass is 10.2. The van der Waals surface area contributed by atoms with Crippen molar-refractivity contribution in [1.29, 1.82) is 0 Å². The summed E-state index contributed by atoms with van der Waals surface area (Å²) < 4.78 is 27.1. The Bertz CT molecular complexity index is 522. The monoisotopic (exact) mass is 176 g/mol. The fraction of sp³-hybridized carbons (Fsp3) is 0.182. The minimum Gasteiger partial charge on any atom is -0.494 e. The van der Waals surface area contributed by atoms with E-state index >= 15 is 0 Å². The molecule has 0 fully saturated rings. The van der Waals surface area contributed by atoms with Crippen LogP contribution in [-0.2, 0) is 0 Å². The number of hydrogen-bond donors (Lipinski definition) is 0. The molecular weight excluding hydrogens is 162 g/mol. The van der Waals surface area contributed by atoms with E-state index in [4.69, 9.17) is 8.85 Å². The molecule has 0 atom stereocenters. The number of aryl methyl sites for hydroxylation is 1. The fourth-order valence-corrected chi connectivity index (χ4v) is 1.28. The molecule has 1 aromatic carbocycles. The zero-order valence-electron chi connectivity index (χ0n) is 10.2. The molecule has 2 heteroatoms. The number of benzene rings is 1. The number of fused-ring (bicyclic) bond motifs is 1. The molecule has 0 saturated heterocycles. The Morgan fingerprint density at radius 2 is 2.23 bits per heavy atom. The summed E-state index contributed by atoms with van der Waals surface area (Å²) in [5.41, 5.74) is 0.670. The molecule has 0 unspecified atom stereocenters. The first-order valence-electron chi connectivity index (χ1n) is 5.46. The smallest absolute Gasteiger partial charge is 0.145 e. The molecule has 2 rings (SSSR count). The van der Waals surface area contributed by atoms with Crippen LogP contribution in [0.1, 0.15) is 9.81 Å². The lowest BCUT2D eigenvalue weighted by molar-refractivity contribution is 0.419. The first kappa shape index (κ1) is 5.22. The minimum absolute atomic E-state index is 0.0875. The van der Waals surface area contributed by atoms with Crippen molar-refractivity contribution in [3.05, 3.63) is 36.0 Å². The third-order valence-corrected chi connectivity index (χ3v) is 1.90. The van der Waals surface area contributed by atoms with E-state index in [0.29, 0.717) is 11.3 Å². The highest BCUT2D eigenvalue weighted by molar-refractivity contribution is 5.84. The van der Waals surface area contributed by atoms with Crippen LogP contribution >= 0.6 is 0 Å². The van der Waals surface area contributed by atoms with E-state index in [2.05, 4.69) is 4.98 Å². The van der Waals surface area contributed by atoms with Crippen molar-refractivity contribution in [3.8, 4) is 5.75 Å². The maximum atomic E-state index is 7.31. The quantitative estimate of drug-likeness (QED) is 0.666. The molecular formula is C11H11NO. The topological polar surface area (TPSA) is 22.1 Å². The summed E-state index contributed by atoms with van der Waals surface area (Å²) in [6.45, 7) is -2.19. The van der Waals surface area contributed by atoms with Crippen molar-refractivity contribution in [1.82, 2.24) is 4.98 Å². The van der Waals surface area contributed by atoms with Gasteiger partial charge in [-0.15, -0.1) is 0 Å². The second-order valence-electron chi connectivity index (χ2n) is 2.73. The van der Waals surface area contributed by atoms with Gasteiger partial charge in [-0.25, -0.2) is 4.98 Å². The maximum Gasteiger partial charge on any atom is 0.145 e. The molecule has 0 spiro atoms. The first-order chi connectivity index (χ1) is 7.52. The number of aromatic nitrogens is 1. The largest absolute Gasteiger partial charge is 0.494 e. The third-order valence-electron chi connectivity index (χ3n) is 1.90. The van der Waals surface area contributed by atoms with Gasteiger partial charge < -0.3 is 4.74 Å². The van der Waals surface area contributed by atoms with Gasteiger partial charge in [-0.3, -0.25) is 0 Å². The number of methoxy groups -OCH3 is 1. The van der Waals surface area contributed by atoms with Crippen LogP contribution in [0, 0.1) is 6.85 Å². The number of nitrogens with zero attached hydrogens (tertiary/aromatic N) is 1. The Labute approximate surface area is 81.4 Å². The summed E-state index contributed by atoms with van der Waals surface area (Å²) in [6.07, 6.45) is 0. The van der Waals surface area contributed by atoms with Crippen LogP contribution < -0.4 is 4.74 Å². The number of para-hydroxylation sites is 1. The van der Waals surface area contributed by atoms with Gasteiger partial charge in [-0.1, -0.05) is 18.2 Å². The van der Waals surface area contributed by atoms with Gasteiger partial charge in [-0.05, 0) is 19.0 Å². The molecule has 0 bridgehead atoms. The van der Waals surface area contributed by atoms with Crippen molar-refractivity contribution < 1.29 is 8.85 Å². The predicted octanol–water partition coefficient (Wildman–Crippen LogP) is 2.55. The van der Waals surface area contributed by atoms with E-state index in [1.807, 2.05) is 12.1 Å². The van der Waals surface area contributed by atoms with Crippen LogP contribution in [0.4, 0.5) is 0 Å². The fourth-order valence-electron chi connectivity index (χ4n) is 1.28. The number of ether oxygens (including phenoxy) is 1. The lowest BCUT2D eigenvalue weighted by Gasteiger charge is -2.04. The van der Waals surface area contributed by atoms with Gasteiger partial charge in [0.05, 0.1) is 7.11 Å². The zero-order chi connectivity index (χ0) is 11.8. The summed E-state index contributed by atoms with van der Waals surface area (Å²) in [4.78, 5) is 4.13. The Morgan fingerprint density at radius 3 is 3.00 bits per heavy atom. The minimum atomic E-state index is -2.19. The lowest BCUT2D eigenvalue weighted by Crippen LogP contribution is -1.88. The Balaban J connectivity index is 2.68. The molecule has 2 nitrogen and oxygen atoms in total. The van der Waals surface area contributed by atoms with Crippen molar-refractivity contribution in [2.45, 2.75) is 6.85 Å². The summed E-state index contributed by atoms with van der Waals surface area (Å²) in [7, 11) is 1.54. The molecule has 1 aromatic heterocycles. The summed E-state index contributed by atoms with van der Waals surface area (Å²) in [5.74, 6) is 0.587.